The zero-order valence-corrected chi connectivity index (χ0v) is 6.86. The lowest BCUT2D eigenvalue weighted by atomic mass is 10.6. The maximum Gasteiger partial charge on any atom is 0.236 e. The maximum atomic E-state index is 10.6. The van der Waals surface area contributed by atoms with E-state index in [9.17, 15) is 4.79 Å². The third-order valence-electron chi connectivity index (χ3n) is 1.40. The number of amides is 1. The minimum atomic E-state index is 0. The first kappa shape index (κ1) is 9.68. The lowest BCUT2D eigenvalue weighted by Gasteiger charge is -2.15. The Morgan fingerprint density at radius 2 is 2.40 bits per heavy atom. The van der Waals surface area contributed by atoms with Crippen LogP contribution in [0.4, 0.5) is 0 Å². The van der Waals surface area contributed by atoms with Crippen LogP contribution in [0.15, 0.2) is 0 Å². The number of carbonyl (C=O) groups is 1. The first-order valence-corrected chi connectivity index (χ1v) is 2.91. The fraction of sp³-hybridized carbons (Fsp3) is 0.800. The van der Waals surface area contributed by atoms with Gasteiger partial charge in [-0.2, -0.15) is 0 Å². The van der Waals surface area contributed by atoms with E-state index in [1.165, 1.54) is 0 Å². The van der Waals surface area contributed by atoms with E-state index in [2.05, 4.69) is 10.6 Å². The predicted octanol–water partition coefficient (Wildman–Crippen LogP) is -1.03. The van der Waals surface area contributed by atoms with E-state index in [0.29, 0.717) is 6.54 Å². The zero-order chi connectivity index (χ0) is 6.85. The molecule has 1 amide bonds. The van der Waals surface area contributed by atoms with E-state index in [1.807, 2.05) is 19.0 Å². The molecule has 0 aromatic heterocycles. The lowest BCUT2D eigenvalue weighted by Crippen LogP contribution is -2.44. The Balaban J connectivity index is 0.000000810. The smallest absolute Gasteiger partial charge is 0.236 e. The number of likely N-dealkylation sites (N-methyl/N-ethyl adjacent to an activating group) is 1. The van der Waals surface area contributed by atoms with E-state index < -0.39 is 0 Å². The van der Waals surface area contributed by atoms with Crippen LogP contribution in [0.3, 0.4) is 0 Å². The highest BCUT2D eigenvalue weighted by molar-refractivity contribution is 5.85. The molecule has 0 saturated carbocycles. The Kier molecular flexibility index (Phi) is 3.63. The third kappa shape index (κ3) is 1.83. The highest BCUT2D eigenvalue weighted by Crippen LogP contribution is 1.94. The molecule has 0 aromatic carbocycles. The maximum absolute atomic E-state index is 10.6. The summed E-state index contributed by atoms with van der Waals surface area (Å²) in [7, 11) is 3.70. The van der Waals surface area contributed by atoms with Gasteiger partial charge in [-0.25, -0.2) is 0 Å². The molecular formula is C5H12ClN3O. The summed E-state index contributed by atoms with van der Waals surface area (Å²) in [5, 5.41) is 5.67. The van der Waals surface area contributed by atoms with Crippen LogP contribution in [0.5, 0.6) is 0 Å². The van der Waals surface area contributed by atoms with Gasteiger partial charge >= 0.3 is 0 Å². The van der Waals surface area contributed by atoms with Crippen LogP contribution in [0.25, 0.3) is 0 Å². The molecule has 0 bridgehead atoms. The van der Waals surface area contributed by atoms with Gasteiger partial charge in [0.05, 0.1) is 6.54 Å². The lowest BCUT2D eigenvalue weighted by molar-refractivity contribution is -0.118. The van der Waals surface area contributed by atoms with Crippen LogP contribution in [0, 0.1) is 0 Å². The van der Waals surface area contributed by atoms with Gasteiger partial charge in [0, 0.05) is 0 Å². The van der Waals surface area contributed by atoms with Crippen molar-refractivity contribution in [2.24, 2.45) is 0 Å². The summed E-state index contributed by atoms with van der Waals surface area (Å²) >= 11 is 0. The second-order valence-electron chi connectivity index (χ2n) is 2.17. The number of nitrogens with one attached hydrogen (secondary N) is 2. The molecule has 2 N–H and O–H groups in total. The molecule has 1 atom stereocenters. The van der Waals surface area contributed by atoms with Crippen molar-refractivity contribution in [2.45, 2.75) is 6.29 Å². The summed E-state index contributed by atoms with van der Waals surface area (Å²) in [5.41, 5.74) is 0. The number of hydrogen-bond acceptors (Lipinski definition) is 3. The molecule has 1 fully saturated rings. The third-order valence-corrected chi connectivity index (χ3v) is 1.40. The van der Waals surface area contributed by atoms with Gasteiger partial charge < -0.3 is 5.32 Å². The molecule has 0 spiro atoms. The summed E-state index contributed by atoms with van der Waals surface area (Å²) in [4.78, 5) is 12.5. The summed E-state index contributed by atoms with van der Waals surface area (Å²) < 4.78 is 0. The monoisotopic (exact) mass is 165 g/mol. The molecule has 1 aliphatic rings. The Morgan fingerprint density at radius 1 is 1.80 bits per heavy atom. The van der Waals surface area contributed by atoms with Crippen LogP contribution in [0.1, 0.15) is 0 Å². The van der Waals surface area contributed by atoms with Gasteiger partial charge in [0.15, 0.2) is 0 Å². The van der Waals surface area contributed by atoms with Crippen molar-refractivity contribution in [3.63, 3.8) is 0 Å². The van der Waals surface area contributed by atoms with E-state index in [4.69, 9.17) is 0 Å². The number of rotatable bonds is 1. The first-order chi connectivity index (χ1) is 4.24. The van der Waals surface area contributed by atoms with Gasteiger partial charge in [0.1, 0.15) is 6.29 Å². The number of halogens is 1. The molecule has 10 heavy (non-hydrogen) atoms. The number of nitrogens with zero attached hydrogens (tertiary/aromatic N) is 1. The Bertz CT molecular complexity index is 130. The highest BCUT2D eigenvalue weighted by atomic mass is 35.5. The molecule has 0 aliphatic carbocycles. The molecule has 60 valence electrons. The molecule has 1 heterocycles. The first-order valence-electron chi connectivity index (χ1n) is 2.91. The average molecular weight is 166 g/mol. The van der Waals surface area contributed by atoms with Gasteiger partial charge in [-0.05, 0) is 14.1 Å². The van der Waals surface area contributed by atoms with Gasteiger partial charge in [0.25, 0.3) is 0 Å². The van der Waals surface area contributed by atoms with E-state index >= 15 is 0 Å². The Morgan fingerprint density at radius 3 is 2.60 bits per heavy atom. The van der Waals surface area contributed by atoms with Crippen molar-refractivity contribution in [3.05, 3.63) is 0 Å². The SMILES string of the molecule is CNC1NC(=O)CN1C.Cl. The number of hydrogen-bond donors (Lipinski definition) is 2. The summed E-state index contributed by atoms with van der Waals surface area (Å²) in [6.45, 7) is 0.492. The van der Waals surface area contributed by atoms with Crippen molar-refractivity contribution >= 4 is 18.3 Å². The number of carbonyl (C=O) groups excluding carboxylic acids is 1. The normalized spacial score (nSPS) is 25.8. The summed E-state index contributed by atoms with van der Waals surface area (Å²) in [5.74, 6) is 0.0804. The minimum absolute atomic E-state index is 0. The van der Waals surface area contributed by atoms with Crippen molar-refractivity contribution in [1.82, 2.24) is 15.5 Å². The fourth-order valence-corrected chi connectivity index (χ4v) is 0.919. The van der Waals surface area contributed by atoms with Crippen molar-refractivity contribution in [3.8, 4) is 0 Å². The van der Waals surface area contributed by atoms with Crippen molar-refractivity contribution in [1.29, 1.82) is 0 Å². The molecule has 0 radical (unpaired) electrons. The van der Waals surface area contributed by atoms with Gasteiger partial charge in [-0.15, -0.1) is 12.4 Å². The standard InChI is InChI=1S/C5H11N3O.ClH/c1-6-5-7-4(9)3-8(5)2;/h5-6H,3H2,1-2H3,(H,7,9);1H. The van der Waals surface area contributed by atoms with Gasteiger partial charge in [-0.3, -0.25) is 15.0 Å². The van der Waals surface area contributed by atoms with Crippen LogP contribution >= 0.6 is 12.4 Å². The van der Waals surface area contributed by atoms with Crippen molar-refractivity contribution < 1.29 is 4.79 Å². The van der Waals surface area contributed by atoms with Gasteiger partial charge in [-0.1, -0.05) is 0 Å². The second kappa shape index (κ2) is 3.75. The zero-order valence-electron chi connectivity index (χ0n) is 6.05. The minimum Gasteiger partial charge on any atom is -0.327 e. The molecule has 0 aromatic rings. The van der Waals surface area contributed by atoms with Crippen LogP contribution < -0.4 is 10.6 Å². The molecule has 4 nitrogen and oxygen atoms in total. The van der Waals surface area contributed by atoms with Crippen LogP contribution in [-0.4, -0.2) is 37.7 Å². The van der Waals surface area contributed by atoms with E-state index in [1.54, 1.807) is 0 Å². The van der Waals surface area contributed by atoms with Crippen molar-refractivity contribution in [2.75, 3.05) is 20.6 Å². The largest absolute Gasteiger partial charge is 0.327 e. The second-order valence-corrected chi connectivity index (χ2v) is 2.17. The summed E-state index contributed by atoms with van der Waals surface area (Å²) in [6.07, 6.45) is 0.0255. The molecular weight excluding hydrogens is 154 g/mol. The molecule has 1 aliphatic heterocycles. The quantitative estimate of drug-likeness (QED) is 0.523. The highest BCUT2D eigenvalue weighted by Gasteiger charge is 2.23. The van der Waals surface area contributed by atoms with Gasteiger partial charge in [0.2, 0.25) is 5.91 Å². The average Bonchev–Trinajstić information content (AvgIpc) is 2.10. The topological polar surface area (TPSA) is 44.4 Å². The molecule has 1 unspecified atom stereocenters. The van der Waals surface area contributed by atoms with E-state index in [-0.39, 0.29) is 24.6 Å². The fourth-order valence-electron chi connectivity index (χ4n) is 0.919. The predicted molar refractivity (Wildman–Crippen MR) is 40.9 cm³/mol. The Labute approximate surface area is 66.4 Å². The van der Waals surface area contributed by atoms with Crippen LogP contribution in [-0.2, 0) is 4.79 Å². The molecule has 5 heteroatoms. The van der Waals surface area contributed by atoms with E-state index in [0.717, 1.165) is 0 Å². The summed E-state index contributed by atoms with van der Waals surface area (Å²) in [6, 6.07) is 0. The van der Waals surface area contributed by atoms with Crippen LogP contribution in [0.2, 0.25) is 0 Å². The molecule has 1 saturated heterocycles. The molecule has 1 rings (SSSR count). The Hall–Kier alpha value is -0.320.